The lowest BCUT2D eigenvalue weighted by molar-refractivity contribution is -0.167. The quantitative estimate of drug-likeness (QED) is 0.0261. The molecule has 0 saturated heterocycles. The van der Waals surface area contributed by atoms with Crippen molar-refractivity contribution in [2.75, 3.05) is 13.2 Å². The summed E-state index contributed by atoms with van der Waals surface area (Å²) in [6.45, 7) is 6.57. The number of allylic oxidation sites excluding steroid dienone is 12. The van der Waals surface area contributed by atoms with Crippen molar-refractivity contribution in [3.63, 3.8) is 0 Å². The molecule has 0 aromatic rings. The third kappa shape index (κ3) is 63.6. The van der Waals surface area contributed by atoms with Gasteiger partial charge in [-0.2, -0.15) is 0 Å². The second-order valence-corrected chi connectivity index (χ2v) is 22.4. The molecule has 6 heteroatoms. The molecular weight excluding hydrogens is 949 g/mol. The summed E-state index contributed by atoms with van der Waals surface area (Å²) in [5, 5.41) is 0. The SMILES string of the molecule is CCC/C=C\C/C=C\CCCCCCCC(=O)OCC(COC(=O)CCCCCCCCCCCCCCCCC/C=C\C/C=C\CCCCCCC)OC(=O)CCCCCCCCCCC/C=C\C/C=C\CCCCC. The molecule has 0 heterocycles. The van der Waals surface area contributed by atoms with Gasteiger partial charge in [0.05, 0.1) is 0 Å². The number of hydrogen-bond donors (Lipinski definition) is 0. The fourth-order valence-corrected chi connectivity index (χ4v) is 9.60. The van der Waals surface area contributed by atoms with Crippen molar-refractivity contribution in [2.45, 2.75) is 348 Å². The molecule has 77 heavy (non-hydrogen) atoms. The lowest BCUT2D eigenvalue weighted by atomic mass is 10.0. The Balaban J connectivity index is 4.26. The Morgan fingerprint density at radius 2 is 0.494 bits per heavy atom. The van der Waals surface area contributed by atoms with Gasteiger partial charge >= 0.3 is 17.9 Å². The summed E-state index contributed by atoms with van der Waals surface area (Å²) >= 11 is 0. The van der Waals surface area contributed by atoms with Crippen LogP contribution in [0.2, 0.25) is 0 Å². The molecule has 0 N–H and O–H groups in total. The maximum absolute atomic E-state index is 12.9. The van der Waals surface area contributed by atoms with Gasteiger partial charge in [-0.15, -0.1) is 0 Å². The maximum Gasteiger partial charge on any atom is 0.306 e. The van der Waals surface area contributed by atoms with Crippen molar-refractivity contribution in [2.24, 2.45) is 0 Å². The van der Waals surface area contributed by atoms with E-state index in [0.29, 0.717) is 19.3 Å². The molecule has 0 fully saturated rings. The monoisotopic (exact) mass is 1070 g/mol. The predicted molar refractivity (Wildman–Crippen MR) is 335 cm³/mol. The number of unbranched alkanes of at least 4 members (excludes halogenated alkanes) is 38. The normalized spacial score (nSPS) is 12.5. The van der Waals surface area contributed by atoms with E-state index in [0.717, 1.165) is 96.3 Å². The van der Waals surface area contributed by atoms with E-state index in [1.165, 1.54) is 205 Å². The molecule has 0 rings (SSSR count). The van der Waals surface area contributed by atoms with Gasteiger partial charge in [-0.05, 0) is 109 Å². The van der Waals surface area contributed by atoms with Crippen LogP contribution in [0.1, 0.15) is 342 Å². The molecule has 0 saturated carbocycles. The summed E-state index contributed by atoms with van der Waals surface area (Å²) in [6, 6.07) is 0. The number of carbonyl (C=O) groups is 3. The van der Waals surface area contributed by atoms with E-state index in [-0.39, 0.29) is 31.1 Å². The number of esters is 3. The van der Waals surface area contributed by atoms with Crippen LogP contribution < -0.4 is 0 Å². The van der Waals surface area contributed by atoms with Crippen LogP contribution in [0.25, 0.3) is 0 Å². The van der Waals surface area contributed by atoms with Gasteiger partial charge in [0.1, 0.15) is 13.2 Å². The highest BCUT2D eigenvalue weighted by Gasteiger charge is 2.19. The van der Waals surface area contributed by atoms with Crippen molar-refractivity contribution in [1.29, 1.82) is 0 Å². The van der Waals surface area contributed by atoms with E-state index in [2.05, 4.69) is 93.7 Å². The van der Waals surface area contributed by atoms with E-state index in [1.54, 1.807) is 0 Å². The van der Waals surface area contributed by atoms with Crippen molar-refractivity contribution in [3.8, 4) is 0 Å². The van der Waals surface area contributed by atoms with E-state index in [9.17, 15) is 14.4 Å². The fourth-order valence-electron chi connectivity index (χ4n) is 9.60. The van der Waals surface area contributed by atoms with E-state index >= 15 is 0 Å². The minimum atomic E-state index is -0.784. The molecule has 1 unspecified atom stereocenters. The molecular formula is C71H126O6. The van der Waals surface area contributed by atoms with Gasteiger partial charge < -0.3 is 14.2 Å². The van der Waals surface area contributed by atoms with Gasteiger partial charge in [0, 0.05) is 19.3 Å². The average molecular weight is 1080 g/mol. The maximum atomic E-state index is 12.9. The first kappa shape index (κ1) is 73.8. The summed E-state index contributed by atoms with van der Waals surface area (Å²) in [7, 11) is 0. The largest absolute Gasteiger partial charge is 0.462 e. The standard InChI is InChI=1S/C71H126O6/c1-4-7-10-13-16-19-22-25-27-29-31-32-33-34-35-36-37-38-40-41-43-46-49-52-55-58-61-64-70(73)76-67-68(66-75-69(72)63-60-57-54-51-48-45-24-21-18-15-12-9-6-3)77-71(74)65-62-59-56-53-50-47-44-42-39-30-28-26-23-20-17-14-11-8-5-2/h12,15,17,20-22,24-26,28-29,31,68H,4-11,13-14,16,18-19,23,27,30,32-67H2,1-3H3/b15-12-,20-17-,24-21-,25-22-,28-26-,31-29-. The lowest BCUT2D eigenvalue weighted by Crippen LogP contribution is -2.30. The Kier molecular flexibility index (Phi) is 62.7. The summed E-state index contributed by atoms with van der Waals surface area (Å²) in [4.78, 5) is 38.3. The van der Waals surface area contributed by atoms with Crippen molar-refractivity contribution < 1.29 is 28.6 Å². The second-order valence-electron chi connectivity index (χ2n) is 22.4. The van der Waals surface area contributed by atoms with E-state index in [1.807, 2.05) is 0 Å². The van der Waals surface area contributed by atoms with Gasteiger partial charge in [-0.3, -0.25) is 14.4 Å². The van der Waals surface area contributed by atoms with Crippen LogP contribution in [0.3, 0.4) is 0 Å². The van der Waals surface area contributed by atoms with Crippen molar-refractivity contribution in [3.05, 3.63) is 72.9 Å². The molecule has 0 aliphatic heterocycles. The molecule has 0 aromatic carbocycles. The van der Waals surface area contributed by atoms with Crippen LogP contribution in [0.5, 0.6) is 0 Å². The molecule has 0 amide bonds. The minimum Gasteiger partial charge on any atom is -0.462 e. The molecule has 0 aliphatic carbocycles. The molecule has 0 radical (unpaired) electrons. The first-order valence-corrected chi connectivity index (χ1v) is 33.4. The highest BCUT2D eigenvalue weighted by atomic mass is 16.6. The third-order valence-corrected chi connectivity index (χ3v) is 14.6. The van der Waals surface area contributed by atoms with Crippen LogP contribution in [-0.4, -0.2) is 37.2 Å². The van der Waals surface area contributed by atoms with E-state index < -0.39 is 6.10 Å². The highest BCUT2D eigenvalue weighted by molar-refractivity contribution is 5.71. The topological polar surface area (TPSA) is 78.9 Å². The molecule has 0 spiro atoms. The van der Waals surface area contributed by atoms with Gasteiger partial charge in [0.2, 0.25) is 0 Å². The van der Waals surface area contributed by atoms with Gasteiger partial charge in [0.25, 0.3) is 0 Å². The number of hydrogen-bond acceptors (Lipinski definition) is 6. The van der Waals surface area contributed by atoms with Crippen LogP contribution in [-0.2, 0) is 28.6 Å². The molecule has 6 nitrogen and oxygen atoms in total. The zero-order chi connectivity index (χ0) is 55.7. The smallest absolute Gasteiger partial charge is 0.306 e. The van der Waals surface area contributed by atoms with Gasteiger partial charge in [-0.1, -0.05) is 286 Å². The summed E-state index contributed by atoms with van der Waals surface area (Å²) in [6.07, 6.45) is 84.9. The summed E-state index contributed by atoms with van der Waals surface area (Å²) < 4.78 is 16.9. The molecule has 446 valence electrons. The number of carbonyl (C=O) groups excluding carboxylic acids is 3. The Morgan fingerprint density at radius 3 is 0.792 bits per heavy atom. The zero-order valence-electron chi connectivity index (χ0n) is 51.2. The Labute approximate surface area is 478 Å². The van der Waals surface area contributed by atoms with Gasteiger partial charge in [0.15, 0.2) is 6.10 Å². The Hall–Kier alpha value is -3.15. The van der Waals surface area contributed by atoms with Crippen LogP contribution >= 0.6 is 0 Å². The summed E-state index contributed by atoms with van der Waals surface area (Å²) in [5.41, 5.74) is 0. The minimum absolute atomic E-state index is 0.0796. The van der Waals surface area contributed by atoms with Crippen LogP contribution in [0, 0.1) is 0 Å². The first-order valence-electron chi connectivity index (χ1n) is 33.4. The average Bonchev–Trinajstić information content (AvgIpc) is 3.43. The summed E-state index contributed by atoms with van der Waals surface area (Å²) in [5.74, 6) is -0.883. The Bertz CT molecular complexity index is 1420. The Morgan fingerprint density at radius 1 is 0.260 bits per heavy atom. The van der Waals surface area contributed by atoms with Crippen LogP contribution in [0.15, 0.2) is 72.9 Å². The van der Waals surface area contributed by atoms with Gasteiger partial charge in [-0.25, -0.2) is 0 Å². The molecule has 0 aromatic heterocycles. The number of ether oxygens (including phenoxy) is 3. The molecule has 0 aliphatic rings. The van der Waals surface area contributed by atoms with Crippen LogP contribution in [0.4, 0.5) is 0 Å². The van der Waals surface area contributed by atoms with E-state index in [4.69, 9.17) is 14.2 Å². The predicted octanol–water partition coefficient (Wildman–Crippen LogP) is 22.9. The highest BCUT2D eigenvalue weighted by Crippen LogP contribution is 2.17. The van der Waals surface area contributed by atoms with Crippen molar-refractivity contribution in [1.82, 2.24) is 0 Å². The fraction of sp³-hybridized carbons (Fsp3) is 0.789. The lowest BCUT2D eigenvalue weighted by Gasteiger charge is -2.18. The first-order chi connectivity index (χ1) is 38.0. The number of rotatable bonds is 61. The zero-order valence-corrected chi connectivity index (χ0v) is 51.2. The second kappa shape index (κ2) is 65.4. The third-order valence-electron chi connectivity index (χ3n) is 14.6. The van der Waals surface area contributed by atoms with Crippen molar-refractivity contribution >= 4 is 17.9 Å². The molecule has 1 atom stereocenters. The molecule has 0 bridgehead atoms.